The Morgan fingerprint density at radius 3 is 2.82 bits per heavy atom. The molecule has 1 atom stereocenters. The number of ether oxygens (including phenoxy) is 3. The Balaban J connectivity index is 2.20. The van der Waals surface area contributed by atoms with E-state index in [4.69, 9.17) is 31.4 Å². The molecule has 7 heteroatoms. The van der Waals surface area contributed by atoms with Crippen LogP contribution in [0.2, 0.25) is 0 Å². The molecule has 0 heterocycles. The number of nitrogens with two attached hydrogens (primary N) is 3. The normalized spacial score (nSPS) is 12.1. The molecule has 0 saturated carbocycles. The van der Waals surface area contributed by atoms with Crippen LogP contribution in [0.15, 0.2) is 24.3 Å². The summed E-state index contributed by atoms with van der Waals surface area (Å²) in [6.45, 7) is 1.31. The first-order valence-corrected chi connectivity index (χ1v) is 7.27. The highest BCUT2D eigenvalue weighted by Crippen LogP contribution is 2.14. The Morgan fingerprint density at radius 2 is 2.09 bits per heavy atom. The highest BCUT2D eigenvalue weighted by molar-refractivity contribution is 5.74. The molecule has 1 rings (SSSR count). The molecule has 6 N–H and O–H groups in total. The fourth-order valence-corrected chi connectivity index (χ4v) is 1.75. The van der Waals surface area contributed by atoms with E-state index in [1.54, 1.807) is 0 Å². The summed E-state index contributed by atoms with van der Waals surface area (Å²) >= 11 is 0. The molecular formula is C15H25N3O4. The highest BCUT2D eigenvalue weighted by atomic mass is 16.6. The van der Waals surface area contributed by atoms with E-state index < -0.39 is 12.1 Å². The summed E-state index contributed by atoms with van der Waals surface area (Å²) in [5, 5.41) is 0. The monoisotopic (exact) mass is 311 g/mol. The zero-order chi connectivity index (χ0) is 16.2. The van der Waals surface area contributed by atoms with E-state index in [9.17, 15) is 4.79 Å². The van der Waals surface area contributed by atoms with Gasteiger partial charge in [-0.2, -0.15) is 0 Å². The van der Waals surface area contributed by atoms with Crippen molar-refractivity contribution in [1.82, 2.24) is 0 Å². The van der Waals surface area contributed by atoms with Gasteiger partial charge in [-0.1, -0.05) is 12.1 Å². The minimum Gasteiger partial charge on any atom is -0.489 e. The third kappa shape index (κ3) is 8.58. The second-order valence-electron chi connectivity index (χ2n) is 4.78. The van der Waals surface area contributed by atoms with Crippen LogP contribution in [-0.4, -0.2) is 45.1 Å². The Hall–Kier alpha value is -1.67. The van der Waals surface area contributed by atoms with Crippen LogP contribution in [-0.2, 0) is 20.7 Å². The first-order chi connectivity index (χ1) is 10.6. The molecule has 0 fully saturated rings. The number of carbonyl (C=O) groups is 1. The van der Waals surface area contributed by atoms with Crippen LogP contribution in [0.5, 0.6) is 5.75 Å². The van der Waals surface area contributed by atoms with Gasteiger partial charge in [0.15, 0.2) is 0 Å². The van der Waals surface area contributed by atoms with Gasteiger partial charge in [0.25, 0.3) is 0 Å². The van der Waals surface area contributed by atoms with E-state index in [1.807, 2.05) is 24.3 Å². The van der Waals surface area contributed by atoms with Crippen molar-refractivity contribution in [2.45, 2.75) is 19.1 Å². The zero-order valence-corrected chi connectivity index (χ0v) is 12.7. The van der Waals surface area contributed by atoms with Gasteiger partial charge in [-0.05, 0) is 37.1 Å². The van der Waals surface area contributed by atoms with Crippen LogP contribution < -0.4 is 21.9 Å². The van der Waals surface area contributed by atoms with Gasteiger partial charge in [0.1, 0.15) is 25.2 Å². The van der Waals surface area contributed by atoms with Gasteiger partial charge in [-0.25, -0.2) is 0 Å². The molecule has 1 amide bonds. The van der Waals surface area contributed by atoms with Crippen LogP contribution in [0.4, 0.5) is 0 Å². The predicted octanol–water partition coefficient (Wildman–Crippen LogP) is -0.240. The van der Waals surface area contributed by atoms with Gasteiger partial charge in [-0.3, -0.25) is 4.79 Å². The largest absolute Gasteiger partial charge is 0.489 e. The molecule has 1 aromatic carbocycles. The molecular weight excluding hydrogens is 286 g/mol. The lowest BCUT2D eigenvalue weighted by atomic mass is 10.1. The van der Waals surface area contributed by atoms with Crippen molar-refractivity contribution < 1.29 is 19.0 Å². The van der Waals surface area contributed by atoms with E-state index in [0.29, 0.717) is 6.54 Å². The SMILES string of the molecule is NCCCc1cccc(OCC(N)OCCOCC(N)=O)c1. The topological polar surface area (TPSA) is 123 Å². The molecule has 0 bridgehead atoms. The van der Waals surface area contributed by atoms with Gasteiger partial charge in [0.05, 0.1) is 13.2 Å². The van der Waals surface area contributed by atoms with Crippen LogP contribution in [0.3, 0.4) is 0 Å². The van der Waals surface area contributed by atoms with Crippen molar-refractivity contribution in [3.05, 3.63) is 29.8 Å². The number of aryl methyl sites for hydroxylation is 1. The maximum absolute atomic E-state index is 10.5. The second-order valence-corrected chi connectivity index (χ2v) is 4.78. The fourth-order valence-electron chi connectivity index (χ4n) is 1.75. The maximum atomic E-state index is 10.5. The van der Waals surface area contributed by atoms with Crippen molar-refractivity contribution >= 4 is 5.91 Å². The molecule has 0 spiro atoms. The summed E-state index contributed by atoms with van der Waals surface area (Å²) in [4.78, 5) is 10.5. The number of hydrogen-bond acceptors (Lipinski definition) is 6. The summed E-state index contributed by atoms with van der Waals surface area (Å²) < 4.78 is 15.8. The average Bonchev–Trinajstić information content (AvgIpc) is 2.50. The summed E-state index contributed by atoms with van der Waals surface area (Å²) in [5.41, 5.74) is 17.4. The lowest BCUT2D eigenvalue weighted by Gasteiger charge is -2.14. The van der Waals surface area contributed by atoms with Gasteiger partial charge < -0.3 is 31.4 Å². The number of hydrogen-bond donors (Lipinski definition) is 3. The zero-order valence-electron chi connectivity index (χ0n) is 12.7. The first-order valence-electron chi connectivity index (χ1n) is 7.27. The van der Waals surface area contributed by atoms with Crippen molar-refractivity contribution in [1.29, 1.82) is 0 Å². The molecule has 0 aromatic heterocycles. The van der Waals surface area contributed by atoms with Gasteiger partial charge in [0, 0.05) is 0 Å². The Labute approximate surface area is 130 Å². The third-order valence-corrected chi connectivity index (χ3v) is 2.79. The summed E-state index contributed by atoms with van der Waals surface area (Å²) in [5.74, 6) is 0.237. The minimum absolute atomic E-state index is 0.120. The molecule has 1 unspecified atom stereocenters. The van der Waals surface area contributed by atoms with Gasteiger partial charge >= 0.3 is 0 Å². The minimum atomic E-state index is -0.565. The van der Waals surface area contributed by atoms with E-state index in [2.05, 4.69) is 0 Å². The van der Waals surface area contributed by atoms with Crippen LogP contribution in [0.25, 0.3) is 0 Å². The van der Waals surface area contributed by atoms with Gasteiger partial charge in [-0.15, -0.1) is 0 Å². The molecule has 0 aliphatic rings. The Bertz CT molecular complexity index is 443. The molecule has 7 nitrogen and oxygen atoms in total. The molecule has 0 saturated heterocycles. The Kier molecular flexibility index (Phi) is 9.17. The van der Waals surface area contributed by atoms with Crippen LogP contribution in [0, 0.1) is 0 Å². The van der Waals surface area contributed by atoms with Crippen molar-refractivity contribution in [3.63, 3.8) is 0 Å². The summed E-state index contributed by atoms with van der Waals surface area (Å²) in [7, 11) is 0. The second kappa shape index (κ2) is 11.0. The maximum Gasteiger partial charge on any atom is 0.243 e. The Morgan fingerprint density at radius 1 is 1.27 bits per heavy atom. The lowest BCUT2D eigenvalue weighted by molar-refractivity contribution is -0.123. The number of primary amides is 1. The number of carbonyl (C=O) groups excluding carboxylic acids is 1. The van der Waals surface area contributed by atoms with E-state index >= 15 is 0 Å². The van der Waals surface area contributed by atoms with E-state index in [-0.39, 0.29) is 26.4 Å². The quantitative estimate of drug-likeness (QED) is 0.362. The van der Waals surface area contributed by atoms with E-state index in [0.717, 1.165) is 18.6 Å². The molecule has 1 aromatic rings. The third-order valence-electron chi connectivity index (χ3n) is 2.79. The van der Waals surface area contributed by atoms with Crippen LogP contribution in [0.1, 0.15) is 12.0 Å². The van der Waals surface area contributed by atoms with Crippen molar-refractivity contribution in [3.8, 4) is 5.75 Å². The van der Waals surface area contributed by atoms with Crippen LogP contribution >= 0.6 is 0 Å². The molecule has 0 radical (unpaired) electrons. The fraction of sp³-hybridized carbons (Fsp3) is 0.533. The first kappa shape index (κ1) is 18.4. The lowest BCUT2D eigenvalue weighted by Crippen LogP contribution is -2.32. The molecule has 0 aliphatic carbocycles. The smallest absolute Gasteiger partial charge is 0.243 e. The molecule has 124 valence electrons. The predicted molar refractivity (Wildman–Crippen MR) is 83.3 cm³/mol. The highest BCUT2D eigenvalue weighted by Gasteiger charge is 2.05. The summed E-state index contributed by atoms with van der Waals surface area (Å²) in [6.07, 6.45) is 1.30. The molecule has 22 heavy (non-hydrogen) atoms. The van der Waals surface area contributed by atoms with Crippen molar-refractivity contribution in [2.24, 2.45) is 17.2 Å². The molecule has 0 aliphatic heterocycles. The summed E-state index contributed by atoms with van der Waals surface area (Å²) in [6, 6.07) is 7.81. The average molecular weight is 311 g/mol. The van der Waals surface area contributed by atoms with Crippen molar-refractivity contribution in [2.75, 3.05) is 33.0 Å². The number of amides is 1. The standard InChI is InChI=1S/C15H25N3O4/c16-6-2-4-12-3-1-5-13(9-12)22-11-15(18)21-8-7-20-10-14(17)19/h1,3,5,9,15H,2,4,6-8,10-11,16,18H2,(H2,17,19). The number of rotatable bonds is 12. The van der Waals surface area contributed by atoms with Gasteiger partial charge in [0.2, 0.25) is 5.91 Å². The number of benzene rings is 1. The van der Waals surface area contributed by atoms with E-state index in [1.165, 1.54) is 5.56 Å².